The first-order valence-corrected chi connectivity index (χ1v) is 14.0. The maximum absolute atomic E-state index is 14.0. The maximum atomic E-state index is 14.0. The minimum absolute atomic E-state index is 0.0000959. The summed E-state index contributed by atoms with van der Waals surface area (Å²) < 4.78 is 39.7. The number of benzene rings is 2. The van der Waals surface area contributed by atoms with E-state index in [9.17, 15) is 23.5 Å². The molecule has 10 heteroatoms. The number of aliphatic hydroxyl groups excluding tert-OH is 1. The second kappa shape index (κ2) is 13.5. The number of carbonyl (C=O) groups is 2. The zero-order valence-electron chi connectivity index (χ0n) is 23.3. The van der Waals surface area contributed by atoms with Gasteiger partial charge in [0.2, 0.25) is 5.91 Å². The molecule has 2 amide bonds. The van der Waals surface area contributed by atoms with Crippen LogP contribution in [0.15, 0.2) is 36.4 Å². The number of ether oxygens (including phenoxy) is 2. The van der Waals surface area contributed by atoms with Gasteiger partial charge in [-0.15, -0.1) is 0 Å². The van der Waals surface area contributed by atoms with Crippen molar-refractivity contribution < 1.29 is 33.0 Å². The van der Waals surface area contributed by atoms with Gasteiger partial charge in [0, 0.05) is 55.5 Å². The summed E-state index contributed by atoms with van der Waals surface area (Å²) in [5.74, 6) is -1.56. The lowest BCUT2D eigenvalue weighted by atomic mass is 9.94. The fourth-order valence-electron chi connectivity index (χ4n) is 5.31. The molecule has 2 aliphatic rings. The van der Waals surface area contributed by atoms with Crippen LogP contribution in [0.1, 0.15) is 62.4 Å². The largest absolute Gasteiger partial charge is 0.491 e. The van der Waals surface area contributed by atoms with Crippen molar-refractivity contribution in [2.75, 3.05) is 24.6 Å². The molecular weight excluding hydrogens is 520 g/mol. The molecule has 218 valence electrons. The summed E-state index contributed by atoms with van der Waals surface area (Å²) in [5.41, 5.74) is 1.11. The van der Waals surface area contributed by atoms with Gasteiger partial charge in [0.25, 0.3) is 5.91 Å². The molecule has 2 aromatic carbocycles. The average Bonchev–Trinajstić information content (AvgIpc) is 3.54. The molecule has 2 aromatic rings. The van der Waals surface area contributed by atoms with Crippen molar-refractivity contribution >= 4 is 17.5 Å². The molecule has 2 saturated heterocycles. The van der Waals surface area contributed by atoms with Crippen LogP contribution in [0.5, 0.6) is 5.75 Å². The molecule has 0 aromatic heterocycles. The fraction of sp³-hybridized carbons (Fsp3) is 0.533. The zero-order valence-corrected chi connectivity index (χ0v) is 23.3. The van der Waals surface area contributed by atoms with E-state index in [0.717, 1.165) is 18.9 Å². The molecule has 0 saturated carbocycles. The van der Waals surface area contributed by atoms with E-state index < -0.39 is 29.7 Å². The zero-order chi connectivity index (χ0) is 28.8. The third kappa shape index (κ3) is 7.77. The van der Waals surface area contributed by atoms with Crippen molar-refractivity contribution in [1.82, 2.24) is 10.6 Å². The average molecular weight is 560 g/mol. The van der Waals surface area contributed by atoms with E-state index in [-0.39, 0.29) is 36.1 Å². The number of rotatable bonds is 12. The van der Waals surface area contributed by atoms with Gasteiger partial charge in [-0.1, -0.05) is 6.92 Å². The summed E-state index contributed by atoms with van der Waals surface area (Å²) in [4.78, 5) is 27.7. The second-order valence-corrected chi connectivity index (χ2v) is 10.8. The Kier molecular flexibility index (Phi) is 10.1. The number of nitrogens with zero attached hydrogens (tertiary/aromatic N) is 1. The predicted octanol–water partition coefficient (Wildman–Crippen LogP) is 3.74. The Bertz CT molecular complexity index is 1170. The molecule has 0 spiro atoms. The quantitative estimate of drug-likeness (QED) is 0.367. The van der Waals surface area contributed by atoms with Crippen LogP contribution in [0.25, 0.3) is 0 Å². The molecule has 0 radical (unpaired) electrons. The standard InChI is InChI=1S/C30H39F2N3O5/c1-4-8-39-25-16-26(33-17-25)29(37)27(11-19-9-21(31)14-22(32)10-19)34-30(38)20-12-23(35-7-5-6-28(35)36)15-24(13-20)40-18(2)3/h9-10,12-15,18,25-27,29,33,37H,4-8,11,16-17H2,1-3H3,(H,34,38)/t25-,26-,27+,29-/m1/s1. The Balaban J connectivity index is 1.59. The van der Waals surface area contributed by atoms with Crippen LogP contribution in [0.3, 0.4) is 0 Å². The van der Waals surface area contributed by atoms with Gasteiger partial charge in [-0.25, -0.2) is 8.78 Å². The van der Waals surface area contributed by atoms with Crippen molar-refractivity contribution in [2.24, 2.45) is 0 Å². The minimum atomic E-state index is -1.07. The van der Waals surface area contributed by atoms with Crippen LogP contribution in [0.4, 0.5) is 14.5 Å². The molecular formula is C30H39F2N3O5. The van der Waals surface area contributed by atoms with Crippen LogP contribution in [-0.2, 0) is 16.0 Å². The summed E-state index contributed by atoms with van der Waals surface area (Å²) in [7, 11) is 0. The van der Waals surface area contributed by atoms with E-state index >= 15 is 0 Å². The van der Waals surface area contributed by atoms with Gasteiger partial charge in [-0.2, -0.15) is 0 Å². The number of anilines is 1. The first kappa shape index (κ1) is 29.9. The van der Waals surface area contributed by atoms with Gasteiger partial charge < -0.3 is 30.1 Å². The fourth-order valence-corrected chi connectivity index (χ4v) is 5.31. The second-order valence-electron chi connectivity index (χ2n) is 10.8. The van der Waals surface area contributed by atoms with E-state index in [1.807, 2.05) is 20.8 Å². The predicted molar refractivity (Wildman–Crippen MR) is 148 cm³/mol. The molecule has 2 fully saturated rings. The van der Waals surface area contributed by atoms with Gasteiger partial charge in [-0.05, 0) is 69.4 Å². The molecule has 8 nitrogen and oxygen atoms in total. The minimum Gasteiger partial charge on any atom is -0.491 e. The number of amides is 2. The highest BCUT2D eigenvalue weighted by atomic mass is 19.1. The molecule has 0 unspecified atom stereocenters. The molecule has 2 aliphatic heterocycles. The lowest BCUT2D eigenvalue weighted by molar-refractivity contribution is -0.117. The Morgan fingerprint density at radius 1 is 1.18 bits per heavy atom. The van der Waals surface area contributed by atoms with E-state index in [4.69, 9.17) is 9.47 Å². The van der Waals surface area contributed by atoms with Gasteiger partial charge in [0.05, 0.1) is 24.4 Å². The van der Waals surface area contributed by atoms with Gasteiger partial charge in [0.1, 0.15) is 17.4 Å². The van der Waals surface area contributed by atoms with Crippen LogP contribution >= 0.6 is 0 Å². The first-order chi connectivity index (χ1) is 19.1. The highest BCUT2D eigenvalue weighted by molar-refractivity contribution is 5.99. The number of nitrogens with one attached hydrogen (secondary N) is 2. The van der Waals surface area contributed by atoms with Crippen LogP contribution in [0, 0.1) is 11.6 Å². The highest BCUT2D eigenvalue weighted by Crippen LogP contribution is 2.29. The normalized spacial score (nSPS) is 20.7. The monoisotopic (exact) mass is 559 g/mol. The van der Waals surface area contributed by atoms with Crippen molar-refractivity contribution in [3.05, 3.63) is 59.2 Å². The smallest absolute Gasteiger partial charge is 0.251 e. The van der Waals surface area contributed by atoms with E-state index in [1.54, 1.807) is 23.1 Å². The van der Waals surface area contributed by atoms with E-state index in [2.05, 4.69) is 10.6 Å². The Hall–Kier alpha value is -3.08. The lowest BCUT2D eigenvalue weighted by Gasteiger charge is -2.29. The third-order valence-electron chi connectivity index (χ3n) is 7.11. The molecule has 4 rings (SSSR count). The van der Waals surface area contributed by atoms with Crippen LogP contribution in [-0.4, -0.2) is 67.0 Å². The van der Waals surface area contributed by atoms with Gasteiger partial charge in [-0.3, -0.25) is 9.59 Å². The van der Waals surface area contributed by atoms with E-state index in [0.29, 0.717) is 49.5 Å². The molecule has 2 heterocycles. The van der Waals surface area contributed by atoms with Crippen LogP contribution < -0.4 is 20.3 Å². The number of halogens is 2. The maximum Gasteiger partial charge on any atom is 0.251 e. The van der Waals surface area contributed by atoms with Crippen molar-refractivity contribution in [3.8, 4) is 5.75 Å². The number of aliphatic hydroxyl groups is 1. The van der Waals surface area contributed by atoms with Crippen molar-refractivity contribution in [1.29, 1.82) is 0 Å². The summed E-state index contributed by atoms with van der Waals surface area (Å²) >= 11 is 0. The number of hydrogen-bond donors (Lipinski definition) is 3. The summed E-state index contributed by atoms with van der Waals surface area (Å²) in [6.45, 7) is 7.46. The first-order valence-electron chi connectivity index (χ1n) is 14.0. The van der Waals surface area contributed by atoms with Crippen molar-refractivity contribution in [2.45, 2.75) is 83.3 Å². The third-order valence-corrected chi connectivity index (χ3v) is 7.11. The topological polar surface area (TPSA) is 100 Å². The summed E-state index contributed by atoms with van der Waals surface area (Å²) in [5, 5.41) is 17.5. The van der Waals surface area contributed by atoms with Crippen LogP contribution in [0.2, 0.25) is 0 Å². The molecule has 40 heavy (non-hydrogen) atoms. The number of carbonyl (C=O) groups excluding carboxylic acids is 2. The van der Waals surface area contributed by atoms with Gasteiger partial charge >= 0.3 is 0 Å². The molecule has 0 bridgehead atoms. The molecule has 3 N–H and O–H groups in total. The molecule has 4 atom stereocenters. The Labute approximate surface area is 234 Å². The van der Waals surface area contributed by atoms with Crippen molar-refractivity contribution in [3.63, 3.8) is 0 Å². The SMILES string of the molecule is CCCO[C@H]1CN[C@@H]([C@@H](O)[C@H](Cc2cc(F)cc(F)c2)NC(=O)c2cc(OC(C)C)cc(N3CCCC3=O)c2)C1. The Morgan fingerprint density at radius 3 is 2.58 bits per heavy atom. The summed E-state index contributed by atoms with van der Waals surface area (Å²) in [6, 6.07) is 6.86. The lowest BCUT2D eigenvalue weighted by Crippen LogP contribution is -2.52. The molecule has 0 aliphatic carbocycles. The van der Waals surface area contributed by atoms with Gasteiger partial charge in [0.15, 0.2) is 0 Å². The summed E-state index contributed by atoms with van der Waals surface area (Å²) in [6.07, 6.45) is 1.27. The highest BCUT2D eigenvalue weighted by Gasteiger charge is 2.35. The van der Waals surface area contributed by atoms with E-state index in [1.165, 1.54) is 12.1 Å². The Morgan fingerprint density at radius 2 is 1.93 bits per heavy atom. The number of hydrogen-bond acceptors (Lipinski definition) is 6.